The molecule has 0 aromatic heterocycles. The van der Waals surface area contributed by atoms with Gasteiger partial charge in [-0.15, -0.1) is 0 Å². The van der Waals surface area contributed by atoms with Gasteiger partial charge in [0.25, 0.3) is 0 Å². The van der Waals surface area contributed by atoms with Gasteiger partial charge in [0.05, 0.1) is 27.7 Å². The summed E-state index contributed by atoms with van der Waals surface area (Å²) < 4.78 is 34.8. The first-order valence-electron chi connectivity index (χ1n) is 38.1. The number of nitrogens with zero attached hydrogens (tertiary/aromatic N) is 1. The van der Waals surface area contributed by atoms with Gasteiger partial charge in [0.2, 0.25) is 0 Å². The molecule has 0 heterocycles. The highest BCUT2D eigenvalue weighted by Gasteiger charge is 2.27. The van der Waals surface area contributed by atoms with Gasteiger partial charge in [-0.1, -0.05) is 366 Å². The van der Waals surface area contributed by atoms with Crippen molar-refractivity contribution in [3.8, 4) is 0 Å². The third-order valence-corrected chi connectivity index (χ3v) is 18.5. The normalized spacial score (nSPS) is 13.1. The number of ether oxygens (including phenoxy) is 2. The molecule has 2 atom stereocenters. The number of carbonyl (C=O) groups is 2. The molecule has 0 aromatic carbocycles. The highest BCUT2D eigenvalue weighted by atomic mass is 31.2. The first kappa shape index (κ1) is 84.5. The summed E-state index contributed by atoms with van der Waals surface area (Å²) in [7, 11) is 1.50. The lowest BCUT2D eigenvalue weighted by molar-refractivity contribution is -0.870. The van der Waals surface area contributed by atoms with Crippen molar-refractivity contribution in [3.63, 3.8) is 0 Å². The zero-order chi connectivity index (χ0) is 62.6. The van der Waals surface area contributed by atoms with Crippen LogP contribution in [0.5, 0.6) is 0 Å². The summed E-state index contributed by atoms with van der Waals surface area (Å²) in [5, 5.41) is 0. The van der Waals surface area contributed by atoms with E-state index >= 15 is 0 Å². The van der Waals surface area contributed by atoms with Gasteiger partial charge in [-0.2, -0.15) is 0 Å². The molecule has 510 valence electrons. The molecule has 0 aromatic rings. The molecule has 0 spiro atoms. The van der Waals surface area contributed by atoms with E-state index in [-0.39, 0.29) is 25.6 Å². The topological polar surface area (TPSA) is 108 Å². The van der Waals surface area contributed by atoms with E-state index in [0.29, 0.717) is 23.9 Å². The van der Waals surface area contributed by atoms with E-state index in [1.165, 1.54) is 327 Å². The van der Waals surface area contributed by atoms with Crippen molar-refractivity contribution in [3.05, 3.63) is 24.3 Å². The second kappa shape index (κ2) is 67.9. The van der Waals surface area contributed by atoms with Crippen molar-refractivity contribution in [2.45, 2.75) is 405 Å². The predicted octanol–water partition coefficient (Wildman–Crippen LogP) is 24.8. The van der Waals surface area contributed by atoms with Crippen molar-refractivity contribution in [1.82, 2.24) is 0 Å². The van der Waals surface area contributed by atoms with Gasteiger partial charge in [0.1, 0.15) is 19.8 Å². The average molecular weight is 1240 g/mol. The third kappa shape index (κ3) is 71.6. The lowest BCUT2D eigenvalue weighted by atomic mass is 10.0. The molecule has 9 nitrogen and oxygen atoms in total. The number of quaternary nitrogens is 1. The first-order chi connectivity index (χ1) is 42.0. The van der Waals surface area contributed by atoms with Crippen LogP contribution in [0.1, 0.15) is 399 Å². The maximum absolute atomic E-state index is 12.9. The largest absolute Gasteiger partial charge is 0.472 e. The number of phosphoric ester groups is 1. The third-order valence-electron chi connectivity index (χ3n) is 17.5. The number of esters is 2. The number of likely N-dealkylation sites (N-methyl/N-ethyl adjacent to an activating group) is 1. The molecular formula is C76H149NO8P+. The Morgan fingerprint density at radius 3 is 0.919 bits per heavy atom. The molecule has 0 bridgehead atoms. The summed E-state index contributed by atoms with van der Waals surface area (Å²) in [6.45, 7) is 4.51. The molecule has 0 saturated heterocycles. The summed E-state index contributed by atoms with van der Waals surface area (Å²) >= 11 is 0. The number of phosphoric acid groups is 1. The minimum absolute atomic E-state index is 0.0352. The molecule has 0 aliphatic heterocycles. The number of hydrogen-bond acceptors (Lipinski definition) is 7. The highest BCUT2D eigenvalue weighted by molar-refractivity contribution is 7.47. The fourth-order valence-electron chi connectivity index (χ4n) is 11.6. The van der Waals surface area contributed by atoms with E-state index in [1.54, 1.807) is 0 Å². The second-order valence-corrected chi connectivity index (χ2v) is 28.9. The maximum atomic E-state index is 12.9. The Balaban J connectivity index is 3.92. The molecule has 0 amide bonds. The lowest BCUT2D eigenvalue weighted by Gasteiger charge is -2.24. The van der Waals surface area contributed by atoms with Crippen LogP contribution >= 0.6 is 7.82 Å². The van der Waals surface area contributed by atoms with Crippen LogP contribution in [0.25, 0.3) is 0 Å². The van der Waals surface area contributed by atoms with E-state index in [0.717, 1.165) is 38.5 Å². The van der Waals surface area contributed by atoms with E-state index in [2.05, 4.69) is 38.2 Å². The molecule has 0 aliphatic rings. The van der Waals surface area contributed by atoms with Gasteiger partial charge in [-0.25, -0.2) is 4.57 Å². The van der Waals surface area contributed by atoms with Gasteiger partial charge in [0.15, 0.2) is 6.10 Å². The smallest absolute Gasteiger partial charge is 0.462 e. The second-order valence-electron chi connectivity index (χ2n) is 27.4. The maximum Gasteiger partial charge on any atom is 0.472 e. The summed E-state index contributed by atoms with van der Waals surface area (Å²) in [5.41, 5.74) is 0. The summed E-state index contributed by atoms with van der Waals surface area (Å²) in [6.07, 6.45) is 86.0. The molecule has 0 aliphatic carbocycles. The minimum Gasteiger partial charge on any atom is -0.462 e. The fourth-order valence-corrected chi connectivity index (χ4v) is 12.4. The number of unbranched alkanes of at least 4 members (excludes halogenated alkanes) is 54. The molecular weight excluding hydrogens is 1090 g/mol. The molecule has 0 radical (unpaired) electrons. The number of allylic oxidation sites excluding steroid dienone is 4. The van der Waals surface area contributed by atoms with E-state index in [4.69, 9.17) is 18.5 Å². The Bertz CT molecular complexity index is 1500. The van der Waals surface area contributed by atoms with Crippen LogP contribution in [0.2, 0.25) is 0 Å². The number of hydrogen-bond donors (Lipinski definition) is 1. The zero-order valence-corrected chi connectivity index (χ0v) is 59.2. The molecule has 0 saturated carbocycles. The highest BCUT2D eigenvalue weighted by Crippen LogP contribution is 2.43. The van der Waals surface area contributed by atoms with Crippen LogP contribution in [0.3, 0.4) is 0 Å². The quantitative estimate of drug-likeness (QED) is 0.0211. The molecule has 86 heavy (non-hydrogen) atoms. The Morgan fingerprint density at radius 2 is 0.628 bits per heavy atom. The van der Waals surface area contributed by atoms with Crippen LogP contribution in [0.15, 0.2) is 24.3 Å². The Labute approximate surface area is 536 Å². The van der Waals surface area contributed by atoms with Crippen LogP contribution in [0, 0.1) is 0 Å². The molecule has 2 unspecified atom stereocenters. The zero-order valence-electron chi connectivity index (χ0n) is 58.3. The number of rotatable bonds is 72. The molecule has 1 N–H and O–H groups in total. The number of carbonyl (C=O) groups excluding carboxylic acids is 2. The van der Waals surface area contributed by atoms with Crippen molar-refractivity contribution >= 4 is 19.8 Å². The van der Waals surface area contributed by atoms with Gasteiger partial charge >= 0.3 is 19.8 Å². The molecule has 0 rings (SSSR count). The Kier molecular flexibility index (Phi) is 66.7. The lowest BCUT2D eigenvalue weighted by Crippen LogP contribution is -2.37. The first-order valence-corrected chi connectivity index (χ1v) is 39.6. The molecule has 10 heteroatoms. The summed E-state index contributed by atoms with van der Waals surface area (Å²) in [4.78, 5) is 35.9. The molecule has 0 fully saturated rings. The Morgan fingerprint density at radius 1 is 0.360 bits per heavy atom. The van der Waals surface area contributed by atoms with Gasteiger partial charge in [0, 0.05) is 12.8 Å². The van der Waals surface area contributed by atoms with Crippen molar-refractivity contribution in [2.24, 2.45) is 0 Å². The average Bonchev–Trinajstić information content (AvgIpc) is 3.53. The van der Waals surface area contributed by atoms with Crippen LogP contribution < -0.4 is 0 Å². The fraction of sp³-hybridized carbons (Fsp3) is 0.921. The van der Waals surface area contributed by atoms with E-state index in [9.17, 15) is 19.0 Å². The van der Waals surface area contributed by atoms with Crippen LogP contribution in [-0.4, -0.2) is 74.9 Å². The Hall–Kier alpha value is -1.51. The SMILES string of the molecule is CCCCCCC/C=C\C/C=C\CCCCCCCCCCCCCCCCCC(=O)OC(COC(=O)CCCCCCCCCCCCCCCCCCCCCCCCCCCCCCCCCCCCC)COP(=O)(O)OCC[N+](C)(C)C. The van der Waals surface area contributed by atoms with E-state index < -0.39 is 26.5 Å². The minimum atomic E-state index is -4.39. The monoisotopic (exact) mass is 1240 g/mol. The van der Waals surface area contributed by atoms with Gasteiger partial charge < -0.3 is 18.9 Å². The predicted molar refractivity (Wildman–Crippen MR) is 372 cm³/mol. The van der Waals surface area contributed by atoms with E-state index in [1.807, 2.05) is 21.1 Å². The summed E-state index contributed by atoms with van der Waals surface area (Å²) in [6, 6.07) is 0. The van der Waals surface area contributed by atoms with Crippen LogP contribution in [-0.2, 0) is 32.7 Å². The van der Waals surface area contributed by atoms with Gasteiger partial charge in [-0.3, -0.25) is 18.6 Å². The van der Waals surface area contributed by atoms with Crippen molar-refractivity contribution < 1.29 is 42.1 Å². The van der Waals surface area contributed by atoms with Crippen molar-refractivity contribution in [1.29, 1.82) is 0 Å². The van der Waals surface area contributed by atoms with Gasteiger partial charge in [-0.05, 0) is 44.9 Å². The standard InChI is InChI=1S/C76H148NO8P/c1-6-8-10-12-14-16-18-20-22-24-26-28-30-32-34-35-36-37-38-39-40-41-43-44-46-48-50-52-54-56-58-60-62-64-66-68-75(78)82-72-74(73-84-86(80,81)83-71-70-77(3,4)5)85-76(79)69-67-65-63-61-59-57-55-53-51-49-47-45-42-33-31-29-27-25-23-21-19-17-15-13-11-9-7-2/h19,21,25,27,74H,6-18,20,22-24,26,28-73H2,1-5H3/p+1/b21-19-,27-25-. The van der Waals surface area contributed by atoms with Crippen molar-refractivity contribution in [2.75, 3.05) is 47.5 Å². The summed E-state index contributed by atoms with van der Waals surface area (Å²) in [5.74, 6) is -0.773. The van der Waals surface area contributed by atoms with Crippen LogP contribution in [0.4, 0.5) is 0 Å².